The van der Waals surface area contributed by atoms with Crippen molar-refractivity contribution in [3.05, 3.63) is 91.3 Å². The molecule has 0 spiro atoms. The molecule has 2 heteroatoms. The maximum atomic E-state index is 9.44. The van der Waals surface area contributed by atoms with Gasteiger partial charge in [0.15, 0.2) is 0 Å². The first kappa shape index (κ1) is 13.0. The van der Waals surface area contributed by atoms with Crippen molar-refractivity contribution in [3.8, 4) is 11.5 Å². The van der Waals surface area contributed by atoms with E-state index in [1.165, 1.54) is 5.92 Å². The summed E-state index contributed by atoms with van der Waals surface area (Å²) >= 11 is 0. The molecule has 3 rings (SSSR count). The van der Waals surface area contributed by atoms with Crippen LogP contribution in [0.2, 0.25) is 0 Å². The smallest absolute Gasteiger partial charge is 0.115 e. The molecule has 2 nitrogen and oxygen atoms in total. The zero-order valence-corrected chi connectivity index (χ0v) is 10.9. The molecule has 0 amide bonds. The zero-order valence-electron chi connectivity index (χ0n) is 10.9. The summed E-state index contributed by atoms with van der Waals surface area (Å²) in [5, 5.41) is 18.9. The van der Waals surface area contributed by atoms with Crippen LogP contribution in [-0.4, -0.2) is 10.2 Å². The van der Waals surface area contributed by atoms with Gasteiger partial charge in [-0.3, -0.25) is 0 Å². The molecule has 2 N–H and O–H groups in total. The predicted octanol–water partition coefficient (Wildman–Crippen LogP) is 3.63. The van der Waals surface area contributed by atoms with Gasteiger partial charge < -0.3 is 10.2 Å². The number of rotatable bonds is 3. The van der Waals surface area contributed by atoms with Crippen molar-refractivity contribution in [1.29, 1.82) is 0 Å². The van der Waals surface area contributed by atoms with Crippen LogP contribution in [0, 0.1) is 31.6 Å². The van der Waals surface area contributed by atoms with Crippen LogP contribution in [-0.2, 0) is 0 Å². The van der Waals surface area contributed by atoms with Gasteiger partial charge in [0, 0.05) is 5.92 Å². The van der Waals surface area contributed by atoms with Crippen LogP contribution >= 0.6 is 0 Å². The molecule has 0 aliphatic heterocycles. The number of benzene rings is 2. The fourth-order valence-corrected chi connectivity index (χ4v) is 2.49. The summed E-state index contributed by atoms with van der Waals surface area (Å²) in [6.07, 6.45) is 8.21. The molecule has 2 aromatic carbocycles. The largest absolute Gasteiger partial charge is 0.508 e. The maximum absolute atomic E-state index is 9.44. The minimum Gasteiger partial charge on any atom is -0.508 e. The van der Waals surface area contributed by atoms with Crippen molar-refractivity contribution in [2.75, 3.05) is 0 Å². The maximum Gasteiger partial charge on any atom is 0.115 e. The number of aromatic hydroxyl groups is 2. The number of hydrogen-bond donors (Lipinski definition) is 2. The molecule has 0 saturated heterocycles. The Kier molecular flexibility index (Phi) is 3.64. The van der Waals surface area contributed by atoms with Gasteiger partial charge in [0.25, 0.3) is 0 Å². The molecule has 20 heavy (non-hydrogen) atoms. The van der Waals surface area contributed by atoms with Gasteiger partial charge in [-0.05, 0) is 67.0 Å². The first-order valence-electron chi connectivity index (χ1n) is 6.53. The Morgan fingerprint density at radius 2 is 1.00 bits per heavy atom. The first-order chi connectivity index (χ1) is 9.74. The Balaban J connectivity index is 1.98. The molecule has 0 unspecified atom stereocenters. The summed E-state index contributed by atoms with van der Waals surface area (Å²) in [4.78, 5) is 0. The van der Waals surface area contributed by atoms with Gasteiger partial charge in [0.2, 0.25) is 0 Å². The minimum atomic E-state index is 0.103. The van der Waals surface area contributed by atoms with Gasteiger partial charge in [-0.1, -0.05) is 24.3 Å². The summed E-state index contributed by atoms with van der Waals surface area (Å²) in [5.41, 5.74) is 2.22. The molecule has 0 bridgehead atoms. The quantitative estimate of drug-likeness (QED) is 0.887. The van der Waals surface area contributed by atoms with Crippen molar-refractivity contribution in [1.82, 2.24) is 0 Å². The molecule has 1 fully saturated rings. The Hall–Kier alpha value is -1.96. The zero-order chi connectivity index (χ0) is 13.9. The molecular formula is C18H15O2. The van der Waals surface area contributed by atoms with Gasteiger partial charge in [-0.15, -0.1) is 0 Å². The van der Waals surface area contributed by atoms with Crippen molar-refractivity contribution in [2.24, 2.45) is 0 Å². The van der Waals surface area contributed by atoms with E-state index in [4.69, 9.17) is 0 Å². The second-order valence-corrected chi connectivity index (χ2v) is 4.83. The van der Waals surface area contributed by atoms with Crippen LogP contribution in [0.5, 0.6) is 11.5 Å². The molecule has 0 heterocycles. The number of phenols is 2. The van der Waals surface area contributed by atoms with E-state index in [1.54, 1.807) is 24.3 Å². The second kappa shape index (κ2) is 5.58. The van der Waals surface area contributed by atoms with E-state index >= 15 is 0 Å². The lowest BCUT2D eigenvalue weighted by molar-refractivity contribution is 0.475. The van der Waals surface area contributed by atoms with Crippen molar-refractivity contribution in [2.45, 2.75) is 5.92 Å². The summed E-state index contributed by atoms with van der Waals surface area (Å²) in [5.74, 6) is 1.83. The Morgan fingerprint density at radius 1 is 0.600 bits per heavy atom. The standard InChI is InChI=1S/C18H15O2/c19-16-9-5-14(6-10-16)18(13-3-1-2-4-13)15-7-11-17(20)12-8-15/h1-12,18-20H. The average molecular weight is 263 g/mol. The number of hydrogen-bond acceptors (Lipinski definition) is 2. The molecule has 2 aromatic rings. The van der Waals surface area contributed by atoms with Crippen molar-refractivity contribution < 1.29 is 10.2 Å². The highest BCUT2D eigenvalue weighted by Crippen LogP contribution is 2.41. The topological polar surface area (TPSA) is 40.5 Å². The fourth-order valence-electron chi connectivity index (χ4n) is 2.49. The van der Waals surface area contributed by atoms with Gasteiger partial charge in [0.1, 0.15) is 11.5 Å². The molecular weight excluding hydrogens is 248 g/mol. The van der Waals surface area contributed by atoms with Crippen molar-refractivity contribution >= 4 is 0 Å². The number of phenolic OH excluding ortho intramolecular Hbond substituents is 2. The molecule has 0 aromatic heterocycles. The van der Waals surface area contributed by atoms with Gasteiger partial charge in [-0.2, -0.15) is 0 Å². The molecule has 99 valence electrons. The van der Waals surface area contributed by atoms with Crippen LogP contribution < -0.4 is 0 Å². The Morgan fingerprint density at radius 3 is 1.40 bits per heavy atom. The predicted molar refractivity (Wildman–Crippen MR) is 78.5 cm³/mol. The molecule has 1 aliphatic rings. The first-order valence-corrected chi connectivity index (χ1v) is 6.53. The lowest BCUT2D eigenvalue weighted by Crippen LogP contribution is -2.10. The van der Waals surface area contributed by atoms with E-state index in [0.717, 1.165) is 11.1 Å². The van der Waals surface area contributed by atoms with Crippen LogP contribution in [0.25, 0.3) is 0 Å². The van der Waals surface area contributed by atoms with E-state index in [9.17, 15) is 10.2 Å². The third-order valence-electron chi connectivity index (χ3n) is 3.47. The van der Waals surface area contributed by atoms with Crippen molar-refractivity contribution in [3.63, 3.8) is 0 Å². The SMILES string of the molecule is Oc1ccc(C([C]2[CH][CH][CH][CH]2)c2ccc(O)cc2)cc1. The lowest BCUT2D eigenvalue weighted by atomic mass is 9.80. The summed E-state index contributed by atoms with van der Waals surface area (Å²) in [6.45, 7) is 0. The van der Waals surface area contributed by atoms with Crippen LogP contribution in [0.3, 0.4) is 0 Å². The summed E-state index contributed by atoms with van der Waals surface area (Å²) < 4.78 is 0. The van der Waals surface area contributed by atoms with Gasteiger partial charge >= 0.3 is 0 Å². The minimum absolute atomic E-state index is 0.103. The lowest BCUT2D eigenvalue weighted by Gasteiger charge is -2.24. The molecule has 5 radical (unpaired) electrons. The second-order valence-electron chi connectivity index (χ2n) is 4.83. The van der Waals surface area contributed by atoms with E-state index in [1.807, 2.05) is 37.1 Å². The Bertz CT molecular complexity index is 505. The Labute approximate surface area is 119 Å². The summed E-state index contributed by atoms with van der Waals surface area (Å²) in [7, 11) is 0. The van der Waals surface area contributed by atoms with Crippen LogP contribution in [0.15, 0.2) is 48.5 Å². The fraction of sp³-hybridized carbons (Fsp3) is 0.0556. The van der Waals surface area contributed by atoms with Gasteiger partial charge in [0.05, 0.1) is 0 Å². The molecule has 1 aliphatic carbocycles. The third-order valence-corrected chi connectivity index (χ3v) is 3.47. The van der Waals surface area contributed by atoms with Crippen LogP contribution in [0.4, 0.5) is 0 Å². The van der Waals surface area contributed by atoms with Crippen LogP contribution in [0.1, 0.15) is 17.0 Å². The highest BCUT2D eigenvalue weighted by molar-refractivity contribution is 5.50. The normalized spacial score (nSPS) is 15.8. The van der Waals surface area contributed by atoms with E-state index in [2.05, 4.69) is 12.8 Å². The monoisotopic (exact) mass is 263 g/mol. The third kappa shape index (κ3) is 2.64. The molecule has 1 saturated carbocycles. The van der Waals surface area contributed by atoms with E-state index in [-0.39, 0.29) is 17.4 Å². The summed E-state index contributed by atoms with van der Waals surface area (Å²) in [6, 6.07) is 14.5. The molecule has 0 atom stereocenters. The van der Waals surface area contributed by atoms with E-state index < -0.39 is 0 Å². The average Bonchev–Trinajstić information content (AvgIpc) is 2.97. The highest BCUT2D eigenvalue weighted by Gasteiger charge is 2.28. The highest BCUT2D eigenvalue weighted by atomic mass is 16.3. The van der Waals surface area contributed by atoms with Gasteiger partial charge in [-0.25, -0.2) is 0 Å². The van der Waals surface area contributed by atoms with E-state index in [0.29, 0.717) is 0 Å².